The van der Waals surface area contributed by atoms with E-state index in [2.05, 4.69) is 5.32 Å². The van der Waals surface area contributed by atoms with Gasteiger partial charge in [-0.25, -0.2) is 0 Å². The van der Waals surface area contributed by atoms with Gasteiger partial charge in [0.2, 0.25) is 0 Å². The molecule has 20 heavy (non-hydrogen) atoms. The van der Waals surface area contributed by atoms with E-state index in [0.717, 1.165) is 11.3 Å². The fraction of sp³-hybridized carbons (Fsp3) is 0.188. The van der Waals surface area contributed by atoms with E-state index in [1.807, 2.05) is 31.2 Å². The van der Waals surface area contributed by atoms with Crippen LogP contribution < -0.4 is 15.8 Å². The predicted octanol–water partition coefficient (Wildman–Crippen LogP) is 2.77. The van der Waals surface area contributed by atoms with Gasteiger partial charge in [0.1, 0.15) is 5.75 Å². The maximum Gasteiger partial charge on any atom is 0.253 e. The van der Waals surface area contributed by atoms with Crippen LogP contribution in [0.3, 0.4) is 0 Å². The smallest absolute Gasteiger partial charge is 0.253 e. The van der Waals surface area contributed by atoms with E-state index < -0.39 is 0 Å². The third-order valence-electron chi connectivity index (χ3n) is 3.17. The van der Waals surface area contributed by atoms with Gasteiger partial charge in [-0.3, -0.25) is 4.79 Å². The molecule has 0 aliphatic rings. The van der Waals surface area contributed by atoms with Crippen LogP contribution in [-0.2, 0) is 0 Å². The fourth-order valence-corrected chi connectivity index (χ4v) is 1.95. The zero-order valence-electron chi connectivity index (χ0n) is 11.6. The second-order valence-electron chi connectivity index (χ2n) is 4.56. The normalized spacial score (nSPS) is 11.7. The van der Waals surface area contributed by atoms with E-state index in [4.69, 9.17) is 10.5 Å². The summed E-state index contributed by atoms with van der Waals surface area (Å²) >= 11 is 0. The molecular formula is C16H18N2O2. The molecule has 2 aromatic rings. The molecule has 0 aromatic heterocycles. The van der Waals surface area contributed by atoms with Gasteiger partial charge in [0.25, 0.3) is 5.91 Å². The van der Waals surface area contributed by atoms with Crippen LogP contribution in [0.5, 0.6) is 5.75 Å². The highest BCUT2D eigenvalue weighted by atomic mass is 16.5. The molecule has 1 atom stereocenters. The minimum atomic E-state index is -0.175. The van der Waals surface area contributed by atoms with Crippen LogP contribution in [0.2, 0.25) is 0 Å². The molecule has 0 aliphatic carbocycles. The van der Waals surface area contributed by atoms with Crippen molar-refractivity contribution in [1.82, 2.24) is 5.32 Å². The highest BCUT2D eigenvalue weighted by Gasteiger charge is 2.13. The number of methoxy groups -OCH3 is 1. The summed E-state index contributed by atoms with van der Waals surface area (Å²) in [5.41, 5.74) is 7.78. The molecule has 2 rings (SSSR count). The Hall–Kier alpha value is -2.49. The lowest BCUT2D eigenvalue weighted by atomic mass is 10.1. The highest BCUT2D eigenvalue weighted by molar-refractivity contribution is 5.99. The SMILES string of the molecule is COc1ccc([C@@H](C)NC(=O)c2ccccc2N)cc1. The number of hydrogen-bond acceptors (Lipinski definition) is 3. The van der Waals surface area contributed by atoms with Crippen molar-refractivity contribution in [3.05, 3.63) is 59.7 Å². The number of benzene rings is 2. The molecule has 4 nitrogen and oxygen atoms in total. The zero-order chi connectivity index (χ0) is 14.5. The summed E-state index contributed by atoms with van der Waals surface area (Å²) in [5, 5.41) is 2.93. The molecule has 0 aliphatic heterocycles. The maximum atomic E-state index is 12.2. The first kappa shape index (κ1) is 13.9. The Morgan fingerprint density at radius 1 is 1.15 bits per heavy atom. The third kappa shape index (κ3) is 3.09. The summed E-state index contributed by atoms with van der Waals surface area (Å²) in [6.07, 6.45) is 0. The van der Waals surface area contributed by atoms with Crippen LogP contribution >= 0.6 is 0 Å². The molecule has 0 spiro atoms. The number of hydrogen-bond donors (Lipinski definition) is 2. The Morgan fingerprint density at radius 2 is 1.80 bits per heavy atom. The van der Waals surface area contributed by atoms with E-state index >= 15 is 0 Å². The fourth-order valence-electron chi connectivity index (χ4n) is 1.95. The molecular weight excluding hydrogens is 252 g/mol. The van der Waals surface area contributed by atoms with Crippen LogP contribution in [0.15, 0.2) is 48.5 Å². The quantitative estimate of drug-likeness (QED) is 0.840. The number of nitrogens with two attached hydrogens (primary N) is 1. The van der Waals surface area contributed by atoms with Gasteiger partial charge >= 0.3 is 0 Å². The van der Waals surface area contributed by atoms with E-state index in [1.165, 1.54) is 0 Å². The largest absolute Gasteiger partial charge is 0.497 e. The summed E-state index contributed by atoms with van der Waals surface area (Å²) < 4.78 is 5.11. The number of amides is 1. The second-order valence-corrected chi connectivity index (χ2v) is 4.56. The Balaban J connectivity index is 2.09. The minimum absolute atomic E-state index is 0.104. The van der Waals surface area contributed by atoms with Gasteiger partial charge in [-0.15, -0.1) is 0 Å². The van der Waals surface area contributed by atoms with E-state index in [-0.39, 0.29) is 11.9 Å². The standard InChI is InChI=1S/C16H18N2O2/c1-11(12-7-9-13(20-2)10-8-12)18-16(19)14-5-3-4-6-15(14)17/h3-11H,17H2,1-2H3,(H,18,19)/t11-/m1/s1. The van der Waals surface area contributed by atoms with Crippen LogP contribution in [0.4, 0.5) is 5.69 Å². The van der Waals surface area contributed by atoms with Crippen molar-refractivity contribution in [2.24, 2.45) is 0 Å². The van der Waals surface area contributed by atoms with Gasteiger partial charge in [0.15, 0.2) is 0 Å². The molecule has 0 fully saturated rings. The Labute approximate surface area is 118 Å². The van der Waals surface area contributed by atoms with E-state index in [9.17, 15) is 4.79 Å². The van der Waals surface area contributed by atoms with Gasteiger partial charge in [0, 0.05) is 5.69 Å². The van der Waals surface area contributed by atoms with Gasteiger partial charge in [-0.2, -0.15) is 0 Å². The number of rotatable bonds is 4. The lowest BCUT2D eigenvalue weighted by molar-refractivity contribution is 0.0941. The van der Waals surface area contributed by atoms with Crippen LogP contribution in [0.25, 0.3) is 0 Å². The summed E-state index contributed by atoms with van der Waals surface area (Å²) in [6, 6.07) is 14.5. The number of carbonyl (C=O) groups excluding carboxylic acids is 1. The second kappa shape index (κ2) is 6.10. The summed E-state index contributed by atoms with van der Waals surface area (Å²) in [7, 11) is 1.62. The zero-order valence-corrected chi connectivity index (χ0v) is 11.6. The molecule has 2 aromatic carbocycles. The number of carbonyl (C=O) groups is 1. The third-order valence-corrected chi connectivity index (χ3v) is 3.17. The molecule has 0 bridgehead atoms. The monoisotopic (exact) mass is 270 g/mol. The summed E-state index contributed by atoms with van der Waals surface area (Å²) in [6.45, 7) is 1.93. The summed E-state index contributed by atoms with van der Waals surface area (Å²) in [5.74, 6) is 0.617. The predicted molar refractivity (Wildman–Crippen MR) is 79.7 cm³/mol. The molecule has 0 unspecified atom stereocenters. The average molecular weight is 270 g/mol. The van der Waals surface area contributed by atoms with Crippen molar-refractivity contribution in [2.45, 2.75) is 13.0 Å². The van der Waals surface area contributed by atoms with Crippen LogP contribution in [0, 0.1) is 0 Å². The van der Waals surface area contributed by atoms with Gasteiger partial charge in [-0.05, 0) is 36.8 Å². The van der Waals surface area contributed by atoms with Crippen LogP contribution in [-0.4, -0.2) is 13.0 Å². The van der Waals surface area contributed by atoms with E-state index in [0.29, 0.717) is 11.3 Å². The Kier molecular flexibility index (Phi) is 4.25. The average Bonchev–Trinajstić information content (AvgIpc) is 2.47. The topological polar surface area (TPSA) is 64.3 Å². The van der Waals surface area contributed by atoms with Gasteiger partial charge < -0.3 is 15.8 Å². The summed E-state index contributed by atoms with van der Waals surface area (Å²) in [4.78, 5) is 12.2. The molecule has 104 valence electrons. The first-order chi connectivity index (χ1) is 9.61. The first-order valence-electron chi connectivity index (χ1n) is 6.41. The molecule has 4 heteroatoms. The molecule has 1 amide bonds. The number of anilines is 1. The number of ether oxygens (including phenoxy) is 1. The highest BCUT2D eigenvalue weighted by Crippen LogP contribution is 2.18. The van der Waals surface area contributed by atoms with E-state index in [1.54, 1.807) is 31.4 Å². The lowest BCUT2D eigenvalue weighted by Gasteiger charge is -2.15. The first-order valence-corrected chi connectivity index (χ1v) is 6.41. The molecule has 0 saturated heterocycles. The Bertz CT molecular complexity index is 594. The van der Waals surface area contributed by atoms with Crippen molar-refractivity contribution >= 4 is 11.6 Å². The van der Waals surface area contributed by atoms with Gasteiger partial charge in [-0.1, -0.05) is 24.3 Å². The minimum Gasteiger partial charge on any atom is -0.497 e. The van der Waals surface area contributed by atoms with Crippen LogP contribution in [0.1, 0.15) is 28.9 Å². The maximum absolute atomic E-state index is 12.2. The van der Waals surface area contributed by atoms with Crippen molar-refractivity contribution < 1.29 is 9.53 Å². The van der Waals surface area contributed by atoms with Crippen molar-refractivity contribution in [2.75, 3.05) is 12.8 Å². The number of nitrogen functional groups attached to an aromatic ring is 1. The molecule has 0 heterocycles. The van der Waals surface area contributed by atoms with Gasteiger partial charge in [0.05, 0.1) is 18.7 Å². The lowest BCUT2D eigenvalue weighted by Crippen LogP contribution is -2.27. The van der Waals surface area contributed by atoms with Crippen molar-refractivity contribution in [1.29, 1.82) is 0 Å². The number of para-hydroxylation sites is 1. The molecule has 0 radical (unpaired) electrons. The van der Waals surface area contributed by atoms with Crippen molar-refractivity contribution in [3.63, 3.8) is 0 Å². The number of nitrogens with one attached hydrogen (secondary N) is 1. The van der Waals surface area contributed by atoms with Crippen molar-refractivity contribution in [3.8, 4) is 5.75 Å². The Morgan fingerprint density at radius 3 is 2.40 bits per heavy atom. The molecule has 0 saturated carbocycles. The molecule has 3 N–H and O–H groups in total.